The molecule has 0 bridgehead atoms. The predicted molar refractivity (Wildman–Crippen MR) is 273 cm³/mol. The fourth-order valence-corrected chi connectivity index (χ4v) is 11.4. The van der Waals surface area contributed by atoms with Crippen LogP contribution in [0, 0.1) is 0 Å². The van der Waals surface area contributed by atoms with Crippen LogP contribution >= 0.6 is 0 Å². The SMILES string of the molecule is C=C\C=C/C=C(C)/C(=C/C(=C)n1c2ccccc2c2ccc(C3=CC=CC4Oc5cc6c(cc5C34)-c3ccccc3C63c4ccccc4-c4ccccc43)cc21)/C=C(\C)c1ccccc1. The first-order chi connectivity index (χ1) is 31.9. The van der Waals surface area contributed by atoms with Gasteiger partial charge in [0, 0.05) is 22.0 Å². The molecule has 310 valence electrons. The molecule has 12 rings (SSSR count). The summed E-state index contributed by atoms with van der Waals surface area (Å²) in [5.74, 6) is 0.997. The van der Waals surface area contributed by atoms with E-state index in [1.807, 2.05) is 12.2 Å². The second-order valence-electron chi connectivity index (χ2n) is 17.7. The highest BCUT2D eigenvalue weighted by Gasteiger charge is 2.53. The van der Waals surface area contributed by atoms with Crippen molar-refractivity contribution >= 4 is 38.6 Å². The van der Waals surface area contributed by atoms with Gasteiger partial charge in [-0.3, -0.25) is 0 Å². The molecule has 0 fully saturated rings. The van der Waals surface area contributed by atoms with Crippen molar-refractivity contribution in [2.45, 2.75) is 31.3 Å². The Kier molecular flexibility index (Phi) is 9.00. The Labute approximate surface area is 381 Å². The molecule has 0 saturated carbocycles. The molecule has 2 unspecified atom stereocenters. The van der Waals surface area contributed by atoms with E-state index in [2.05, 4.69) is 219 Å². The van der Waals surface area contributed by atoms with Crippen molar-refractivity contribution in [3.8, 4) is 28.0 Å². The van der Waals surface area contributed by atoms with Crippen molar-refractivity contribution in [1.29, 1.82) is 0 Å². The van der Waals surface area contributed by atoms with Gasteiger partial charge in [0.1, 0.15) is 11.9 Å². The van der Waals surface area contributed by atoms with Crippen molar-refractivity contribution in [2.24, 2.45) is 0 Å². The third-order valence-electron chi connectivity index (χ3n) is 14.2. The lowest BCUT2D eigenvalue weighted by Crippen LogP contribution is -2.25. The van der Waals surface area contributed by atoms with Crippen LogP contribution in [0.25, 0.3) is 60.9 Å². The van der Waals surface area contributed by atoms with Crippen molar-refractivity contribution in [2.75, 3.05) is 0 Å². The first-order valence-corrected chi connectivity index (χ1v) is 22.6. The number of rotatable bonds is 8. The van der Waals surface area contributed by atoms with Crippen molar-refractivity contribution < 1.29 is 4.74 Å². The van der Waals surface area contributed by atoms with E-state index in [1.165, 1.54) is 83.1 Å². The molecule has 7 aromatic carbocycles. The number of benzene rings is 7. The lowest BCUT2D eigenvalue weighted by atomic mass is 9.70. The summed E-state index contributed by atoms with van der Waals surface area (Å²) in [5, 5.41) is 2.39. The van der Waals surface area contributed by atoms with Gasteiger partial charge in [-0.15, -0.1) is 0 Å². The normalized spacial score (nSPS) is 17.7. The van der Waals surface area contributed by atoms with E-state index in [9.17, 15) is 0 Å². The van der Waals surface area contributed by atoms with Gasteiger partial charge in [0.15, 0.2) is 0 Å². The van der Waals surface area contributed by atoms with Gasteiger partial charge in [-0.2, -0.15) is 0 Å². The Morgan fingerprint density at radius 1 is 0.631 bits per heavy atom. The number of hydrogen-bond donors (Lipinski definition) is 0. The summed E-state index contributed by atoms with van der Waals surface area (Å²) in [4.78, 5) is 0. The fraction of sp³-hybridized carbons (Fsp3) is 0.0794. The van der Waals surface area contributed by atoms with E-state index in [4.69, 9.17) is 11.3 Å². The first-order valence-electron chi connectivity index (χ1n) is 22.6. The highest BCUT2D eigenvalue weighted by atomic mass is 16.5. The maximum atomic E-state index is 7.05. The number of hydrogen-bond acceptors (Lipinski definition) is 1. The van der Waals surface area contributed by atoms with E-state index >= 15 is 0 Å². The van der Waals surface area contributed by atoms with Crippen LogP contribution in [0.4, 0.5) is 0 Å². The molecule has 3 aliphatic carbocycles. The minimum atomic E-state index is -0.415. The number of nitrogens with zero attached hydrogens (tertiary/aromatic N) is 1. The van der Waals surface area contributed by atoms with Gasteiger partial charge in [0.05, 0.1) is 22.4 Å². The molecule has 2 heterocycles. The number of aromatic nitrogens is 1. The first kappa shape index (κ1) is 38.7. The summed E-state index contributed by atoms with van der Waals surface area (Å²) in [7, 11) is 0. The molecular formula is C63H47NO. The molecule has 0 N–H and O–H groups in total. The topological polar surface area (TPSA) is 14.2 Å². The van der Waals surface area contributed by atoms with Crippen molar-refractivity contribution in [1.82, 2.24) is 4.57 Å². The molecule has 1 aliphatic heterocycles. The number of para-hydroxylation sites is 1. The molecule has 1 aromatic heterocycles. The van der Waals surface area contributed by atoms with Crippen LogP contribution in [0.15, 0.2) is 237 Å². The van der Waals surface area contributed by atoms with Crippen LogP contribution in [-0.2, 0) is 5.41 Å². The molecule has 0 radical (unpaired) electrons. The molecule has 4 aliphatic rings. The fourth-order valence-electron chi connectivity index (χ4n) is 11.4. The van der Waals surface area contributed by atoms with E-state index in [1.54, 1.807) is 6.08 Å². The zero-order valence-electron chi connectivity index (χ0n) is 36.6. The predicted octanol–water partition coefficient (Wildman–Crippen LogP) is 15.8. The third-order valence-corrected chi connectivity index (χ3v) is 14.2. The van der Waals surface area contributed by atoms with Crippen molar-refractivity contribution in [3.63, 3.8) is 0 Å². The van der Waals surface area contributed by atoms with Crippen LogP contribution in [0.3, 0.4) is 0 Å². The van der Waals surface area contributed by atoms with E-state index in [0.29, 0.717) is 0 Å². The summed E-state index contributed by atoms with van der Waals surface area (Å²) in [5.41, 5.74) is 21.5. The quantitative estimate of drug-likeness (QED) is 0.139. The van der Waals surface area contributed by atoms with Gasteiger partial charge in [0.25, 0.3) is 0 Å². The summed E-state index contributed by atoms with van der Waals surface area (Å²) in [6.07, 6.45) is 19.0. The average Bonchev–Trinajstić information content (AvgIpc) is 4.06. The Balaban J connectivity index is 0.992. The van der Waals surface area contributed by atoms with Gasteiger partial charge in [-0.1, -0.05) is 189 Å². The maximum Gasteiger partial charge on any atom is 0.128 e. The van der Waals surface area contributed by atoms with Gasteiger partial charge < -0.3 is 9.30 Å². The van der Waals surface area contributed by atoms with Crippen LogP contribution in [-0.4, -0.2) is 10.7 Å². The second kappa shape index (κ2) is 15.1. The monoisotopic (exact) mass is 833 g/mol. The summed E-state index contributed by atoms with van der Waals surface area (Å²) >= 11 is 0. The number of fused-ring (bicyclic) bond motifs is 16. The highest BCUT2D eigenvalue weighted by Crippen LogP contribution is 2.64. The van der Waals surface area contributed by atoms with E-state index in [-0.39, 0.29) is 12.0 Å². The summed E-state index contributed by atoms with van der Waals surface area (Å²) in [6.45, 7) is 13.0. The zero-order valence-corrected chi connectivity index (χ0v) is 36.6. The molecule has 8 aromatic rings. The zero-order chi connectivity index (χ0) is 43.8. The molecule has 0 amide bonds. The molecular weight excluding hydrogens is 787 g/mol. The van der Waals surface area contributed by atoms with Gasteiger partial charge in [-0.25, -0.2) is 0 Å². The summed E-state index contributed by atoms with van der Waals surface area (Å²) < 4.78 is 9.39. The number of ether oxygens (including phenoxy) is 1. The van der Waals surface area contributed by atoms with Crippen LogP contribution in [0.5, 0.6) is 5.75 Å². The standard InChI is InChI=1S/C63H47NO/c1-5-6-8-20-40(2)45(35-41(3)43-21-9-7-10-22-43)36-42(4)64-58-31-18-14-26-50(58)51-34-33-44(37-59(51)64)46-27-19-32-60-62(46)53-38-52-49-25-13-17-30-56(49)63(57(52)39-61(53)65-60)54-28-15-11-23-47(54)48-24-12-16-29-55(48)63/h5-39,60,62H,1,4H2,2-3H3/b8-6-,40-20+,41-35+,45-36+. The Hall–Kier alpha value is -7.94. The van der Waals surface area contributed by atoms with E-state index in [0.717, 1.165) is 33.6 Å². The van der Waals surface area contributed by atoms with Gasteiger partial charge >= 0.3 is 0 Å². The minimum Gasteiger partial charge on any atom is -0.485 e. The largest absolute Gasteiger partial charge is 0.485 e. The summed E-state index contributed by atoms with van der Waals surface area (Å²) in [6, 6.07) is 58.1. The Morgan fingerprint density at radius 2 is 1.28 bits per heavy atom. The minimum absolute atomic E-state index is 0.0275. The lowest BCUT2D eigenvalue weighted by molar-refractivity contribution is 0.271. The Bertz CT molecular complexity index is 3480. The van der Waals surface area contributed by atoms with Gasteiger partial charge in [-0.05, 0) is 128 Å². The second-order valence-corrected chi connectivity index (χ2v) is 17.7. The molecule has 2 nitrogen and oxygen atoms in total. The van der Waals surface area contributed by atoms with Gasteiger partial charge in [0.2, 0.25) is 0 Å². The molecule has 2 heteroatoms. The average molecular weight is 834 g/mol. The smallest absolute Gasteiger partial charge is 0.128 e. The third kappa shape index (κ3) is 5.80. The Morgan fingerprint density at radius 3 is 2.00 bits per heavy atom. The molecule has 2 atom stereocenters. The molecule has 0 saturated heterocycles. The highest BCUT2D eigenvalue weighted by molar-refractivity contribution is 6.11. The van der Waals surface area contributed by atoms with Crippen molar-refractivity contribution in [3.05, 3.63) is 276 Å². The number of allylic oxidation sites excluding steroid dienone is 12. The maximum absolute atomic E-state index is 7.05. The van der Waals surface area contributed by atoms with Crippen LogP contribution in [0.1, 0.15) is 58.7 Å². The van der Waals surface area contributed by atoms with Crippen LogP contribution < -0.4 is 4.74 Å². The van der Waals surface area contributed by atoms with Crippen LogP contribution in [0.2, 0.25) is 0 Å². The lowest BCUT2D eigenvalue weighted by Gasteiger charge is -2.30. The molecule has 65 heavy (non-hydrogen) atoms. The molecule has 1 spiro atoms. The van der Waals surface area contributed by atoms with E-state index < -0.39 is 5.41 Å².